The average molecular weight is 335 g/mol. The Labute approximate surface area is 138 Å². The van der Waals surface area contributed by atoms with Crippen molar-refractivity contribution < 1.29 is 18.1 Å². The number of carbonyl (C=O) groups is 1. The first kappa shape index (κ1) is 16.5. The molecule has 0 aliphatic heterocycles. The molecule has 0 radical (unpaired) electrons. The highest BCUT2D eigenvalue weighted by Crippen LogP contribution is 2.41. The van der Waals surface area contributed by atoms with E-state index in [1.54, 1.807) is 19.2 Å². The van der Waals surface area contributed by atoms with Gasteiger partial charge in [0.1, 0.15) is 0 Å². The Morgan fingerprint density at radius 1 is 1.38 bits per heavy atom. The molecule has 1 aliphatic carbocycles. The molecule has 5 nitrogen and oxygen atoms in total. The van der Waals surface area contributed by atoms with E-state index in [-0.39, 0.29) is 24.6 Å². The molecule has 7 heteroatoms. The summed E-state index contributed by atoms with van der Waals surface area (Å²) in [7, 11) is 1.59. The standard InChI is InChI=1S/C17H19F2N3O2/c1-20-14(23)9-11-4-6-12(7-5-11)16-21-15(24-22-16)10-13-3-2-8-17(13,18)19/h4-7,13H,2-3,8-10H2,1H3,(H,20,23). The fraction of sp³-hybridized carbons (Fsp3) is 0.471. The van der Waals surface area contributed by atoms with Gasteiger partial charge < -0.3 is 9.84 Å². The molecule has 1 amide bonds. The van der Waals surface area contributed by atoms with Gasteiger partial charge >= 0.3 is 0 Å². The second-order valence-corrected chi connectivity index (χ2v) is 6.11. The predicted molar refractivity (Wildman–Crippen MR) is 83.5 cm³/mol. The quantitative estimate of drug-likeness (QED) is 0.912. The maximum absolute atomic E-state index is 13.7. The lowest BCUT2D eigenvalue weighted by Crippen LogP contribution is -2.23. The number of amides is 1. The summed E-state index contributed by atoms with van der Waals surface area (Å²) >= 11 is 0. The zero-order valence-electron chi connectivity index (χ0n) is 13.4. The maximum Gasteiger partial charge on any atom is 0.251 e. The molecule has 1 unspecified atom stereocenters. The third kappa shape index (κ3) is 3.60. The molecule has 1 aromatic heterocycles. The van der Waals surface area contributed by atoms with E-state index in [0.717, 1.165) is 11.1 Å². The molecule has 0 spiro atoms. The summed E-state index contributed by atoms with van der Waals surface area (Å²) in [5.41, 5.74) is 1.59. The second-order valence-electron chi connectivity index (χ2n) is 6.11. The highest BCUT2D eigenvalue weighted by Gasteiger charge is 2.44. The minimum Gasteiger partial charge on any atom is -0.359 e. The van der Waals surface area contributed by atoms with Gasteiger partial charge in [-0.15, -0.1) is 0 Å². The van der Waals surface area contributed by atoms with Gasteiger partial charge in [0.2, 0.25) is 17.6 Å². The van der Waals surface area contributed by atoms with Gasteiger partial charge in [0.25, 0.3) is 5.92 Å². The van der Waals surface area contributed by atoms with Gasteiger partial charge in [0.15, 0.2) is 0 Å². The van der Waals surface area contributed by atoms with Crippen molar-refractivity contribution in [2.75, 3.05) is 7.05 Å². The molecule has 1 aliphatic rings. The molecule has 0 bridgehead atoms. The zero-order valence-corrected chi connectivity index (χ0v) is 13.4. The first-order valence-corrected chi connectivity index (χ1v) is 7.98. The third-order valence-electron chi connectivity index (χ3n) is 4.40. The van der Waals surface area contributed by atoms with Crippen LogP contribution in [0, 0.1) is 5.92 Å². The molecule has 3 rings (SSSR count). The van der Waals surface area contributed by atoms with Crippen molar-refractivity contribution in [3.63, 3.8) is 0 Å². The Bertz CT molecular complexity index is 713. The Balaban J connectivity index is 1.68. The van der Waals surface area contributed by atoms with Crippen LogP contribution in [0.1, 0.15) is 30.7 Å². The van der Waals surface area contributed by atoms with Crippen LogP contribution >= 0.6 is 0 Å². The lowest BCUT2D eigenvalue weighted by atomic mass is 10.0. The van der Waals surface area contributed by atoms with E-state index in [1.165, 1.54) is 0 Å². The average Bonchev–Trinajstić information content (AvgIpc) is 3.15. The second kappa shape index (κ2) is 6.67. The summed E-state index contributed by atoms with van der Waals surface area (Å²) in [6, 6.07) is 7.20. The Kier molecular flexibility index (Phi) is 4.59. The van der Waals surface area contributed by atoms with Crippen LogP contribution in [0.2, 0.25) is 0 Å². The Morgan fingerprint density at radius 3 is 2.75 bits per heavy atom. The first-order chi connectivity index (χ1) is 11.5. The first-order valence-electron chi connectivity index (χ1n) is 7.98. The summed E-state index contributed by atoms with van der Waals surface area (Å²) in [6.45, 7) is 0. The number of aromatic nitrogens is 2. The van der Waals surface area contributed by atoms with Crippen molar-refractivity contribution in [3.8, 4) is 11.4 Å². The predicted octanol–water partition coefficient (Wildman–Crippen LogP) is 3.00. The molecule has 1 N–H and O–H groups in total. The molecule has 1 atom stereocenters. The smallest absolute Gasteiger partial charge is 0.251 e. The molecular weight excluding hydrogens is 316 g/mol. The van der Waals surface area contributed by atoms with Gasteiger partial charge in [-0.1, -0.05) is 29.4 Å². The molecule has 0 saturated heterocycles. The maximum atomic E-state index is 13.7. The molecule has 1 aromatic carbocycles. The molecule has 128 valence electrons. The molecule has 2 aromatic rings. The molecule has 24 heavy (non-hydrogen) atoms. The number of alkyl halides is 2. The summed E-state index contributed by atoms with van der Waals surface area (Å²) in [4.78, 5) is 15.6. The highest BCUT2D eigenvalue weighted by atomic mass is 19.3. The number of hydrogen-bond acceptors (Lipinski definition) is 4. The van der Waals surface area contributed by atoms with Gasteiger partial charge in [0.05, 0.1) is 6.42 Å². The largest absolute Gasteiger partial charge is 0.359 e. The van der Waals surface area contributed by atoms with E-state index in [4.69, 9.17) is 4.52 Å². The molecule has 1 heterocycles. The molecule has 1 saturated carbocycles. The highest BCUT2D eigenvalue weighted by molar-refractivity contribution is 5.78. The molecular formula is C17H19F2N3O2. The summed E-state index contributed by atoms with van der Waals surface area (Å²) in [5, 5.41) is 6.44. The van der Waals surface area contributed by atoms with E-state index in [9.17, 15) is 13.6 Å². The summed E-state index contributed by atoms with van der Waals surface area (Å²) in [6.07, 6.45) is 1.36. The fourth-order valence-electron chi connectivity index (χ4n) is 2.96. The summed E-state index contributed by atoms with van der Waals surface area (Å²) < 4.78 is 32.5. The van der Waals surface area contributed by atoms with E-state index >= 15 is 0 Å². The minimum atomic E-state index is -2.64. The van der Waals surface area contributed by atoms with Crippen LogP contribution in [0.3, 0.4) is 0 Å². The number of benzene rings is 1. The third-order valence-corrected chi connectivity index (χ3v) is 4.40. The SMILES string of the molecule is CNC(=O)Cc1ccc(-c2noc(CC3CCCC3(F)F)n2)cc1. The Hall–Kier alpha value is -2.31. The van der Waals surface area contributed by atoms with E-state index < -0.39 is 11.8 Å². The van der Waals surface area contributed by atoms with E-state index in [1.807, 2.05) is 12.1 Å². The molecule has 1 fully saturated rings. The lowest BCUT2D eigenvalue weighted by Gasteiger charge is -2.16. The van der Waals surface area contributed by atoms with Crippen molar-refractivity contribution in [1.29, 1.82) is 0 Å². The van der Waals surface area contributed by atoms with Crippen LogP contribution in [-0.4, -0.2) is 29.0 Å². The van der Waals surface area contributed by atoms with Crippen LogP contribution in [0.5, 0.6) is 0 Å². The van der Waals surface area contributed by atoms with Crippen LogP contribution in [-0.2, 0) is 17.6 Å². The van der Waals surface area contributed by atoms with Gasteiger partial charge in [-0.05, 0) is 18.4 Å². The Morgan fingerprint density at radius 2 is 2.12 bits per heavy atom. The van der Waals surface area contributed by atoms with Crippen molar-refractivity contribution in [1.82, 2.24) is 15.5 Å². The zero-order chi connectivity index (χ0) is 17.2. The normalized spacial score (nSPS) is 19.4. The number of nitrogens with zero attached hydrogens (tertiary/aromatic N) is 2. The number of carbonyl (C=O) groups excluding carboxylic acids is 1. The van der Waals surface area contributed by atoms with Crippen molar-refractivity contribution in [2.45, 2.75) is 38.0 Å². The lowest BCUT2D eigenvalue weighted by molar-refractivity contribution is -0.119. The van der Waals surface area contributed by atoms with Crippen LogP contribution < -0.4 is 5.32 Å². The van der Waals surface area contributed by atoms with Crippen molar-refractivity contribution in [3.05, 3.63) is 35.7 Å². The number of rotatable bonds is 5. The van der Waals surface area contributed by atoms with E-state index in [2.05, 4.69) is 15.5 Å². The number of halogens is 2. The number of nitrogens with one attached hydrogen (secondary N) is 1. The summed E-state index contributed by atoms with van der Waals surface area (Å²) in [5.74, 6) is -2.82. The van der Waals surface area contributed by atoms with Crippen molar-refractivity contribution >= 4 is 5.91 Å². The van der Waals surface area contributed by atoms with Gasteiger partial charge in [-0.2, -0.15) is 4.98 Å². The number of likely N-dealkylation sites (N-methyl/N-ethyl adjacent to an activating group) is 1. The van der Waals surface area contributed by atoms with Crippen LogP contribution in [0.25, 0.3) is 11.4 Å². The van der Waals surface area contributed by atoms with Gasteiger partial charge in [-0.3, -0.25) is 4.79 Å². The fourth-order valence-corrected chi connectivity index (χ4v) is 2.96. The topological polar surface area (TPSA) is 68.0 Å². The van der Waals surface area contributed by atoms with Crippen LogP contribution in [0.15, 0.2) is 28.8 Å². The van der Waals surface area contributed by atoms with Gasteiger partial charge in [-0.25, -0.2) is 8.78 Å². The van der Waals surface area contributed by atoms with Crippen LogP contribution in [0.4, 0.5) is 8.78 Å². The minimum absolute atomic E-state index is 0.0640. The van der Waals surface area contributed by atoms with E-state index in [0.29, 0.717) is 25.1 Å². The van der Waals surface area contributed by atoms with Crippen molar-refractivity contribution in [2.24, 2.45) is 5.92 Å². The number of hydrogen-bond donors (Lipinski definition) is 1. The monoisotopic (exact) mass is 335 g/mol. The van der Waals surface area contributed by atoms with Gasteiger partial charge in [0, 0.05) is 31.4 Å².